The molecule has 0 amide bonds. The van der Waals surface area contributed by atoms with Crippen LogP contribution >= 0.6 is 0 Å². The highest BCUT2D eigenvalue weighted by molar-refractivity contribution is 5.46. The Bertz CT molecular complexity index is 328. The third-order valence-corrected chi connectivity index (χ3v) is 2.08. The van der Waals surface area contributed by atoms with E-state index < -0.39 is 0 Å². The lowest BCUT2D eigenvalue weighted by atomic mass is 9.87. The predicted molar refractivity (Wildman–Crippen MR) is 49.1 cm³/mol. The van der Waals surface area contributed by atoms with E-state index in [4.69, 9.17) is 9.47 Å². The molecule has 0 atom stereocenters. The fourth-order valence-electron chi connectivity index (χ4n) is 1.41. The summed E-state index contributed by atoms with van der Waals surface area (Å²) >= 11 is 0. The minimum Gasteiger partial charge on any atom is -0.451 e. The highest BCUT2D eigenvalue weighted by Crippen LogP contribution is 2.39. The Kier molecular flexibility index (Phi) is 1.68. The molecule has 1 aromatic rings. The number of hydrogen-bond acceptors (Lipinski definition) is 3. The van der Waals surface area contributed by atoms with Crippen LogP contribution in [0.2, 0.25) is 0 Å². The average molecular weight is 179 g/mol. The summed E-state index contributed by atoms with van der Waals surface area (Å²) < 4.78 is 10.6. The van der Waals surface area contributed by atoms with Crippen LogP contribution in [-0.2, 0) is 5.41 Å². The van der Waals surface area contributed by atoms with Crippen LogP contribution in [0.4, 0.5) is 0 Å². The van der Waals surface area contributed by atoms with Crippen molar-refractivity contribution >= 4 is 0 Å². The molecule has 3 heteroatoms. The van der Waals surface area contributed by atoms with Crippen LogP contribution in [0.5, 0.6) is 11.6 Å². The second-order valence-electron chi connectivity index (χ2n) is 4.15. The molecule has 0 aromatic carbocycles. The first-order valence-corrected chi connectivity index (χ1v) is 4.34. The lowest BCUT2D eigenvalue weighted by Gasteiger charge is -2.19. The van der Waals surface area contributed by atoms with E-state index in [9.17, 15) is 0 Å². The van der Waals surface area contributed by atoms with E-state index in [-0.39, 0.29) is 12.2 Å². The van der Waals surface area contributed by atoms with E-state index >= 15 is 0 Å². The topological polar surface area (TPSA) is 31.4 Å². The second kappa shape index (κ2) is 2.62. The molecule has 3 nitrogen and oxygen atoms in total. The minimum atomic E-state index is 0.0702. The van der Waals surface area contributed by atoms with E-state index in [0.29, 0.717) is 5.88 Å². The fourth-order valence-corrected chi connectivity index (χ4v) is 1.41. The Balaban J connectivity index is 2.54. The first-order valence-electron chi connectivity index (χ1n) is 4.34. The smallest absolute Gasteiger partial charge is 0.260 e. The standard InChI is InChI=1S/C10H13NO2/c1-10(2,3)7-4-5-11-9-8(7)12-6-13-9/h4-5H,6H2,1-3H3. The predicted octanol–water partition coefficient (Wildman–Crippen LogP) is 2.11. The van der Waals surface area contributed by atoms with Gasteiger partial charge >= 0.3 is 0 Å². The maximum Gasteiger partial charge on any atom is 0.260 e. The molecule has 70 valence electrons. The fraction of sp³-hybridized carbons (Fsp3) is 0.500. The van der Waals surface area contributed by atoms with Crippen molar-refractivity contribution in [3.8, 4) is 11.6 Å². The van der Waals surface area contributed by atoms with Crippen molar-refractivity contribution in [2.45, 2.75) is 26.2 Å². The summed E-state index contributed by atoms with van der Waals surface area (Å²) in [7, 11) is 0. The normalized spacial score (nSPS) is 14.7. The van der Waals surface area contributed by atoms with Crippen molar-refractivity contribution in [2.24, 2.45) is 0 Å². The number of nitrogens with zero attached hydrogens (tertiary/aromatic N) is 1. The van der Waals surface area contributed by atoms with Crippen LogP contribution < -0.4 is 9.47 Å². The molecule has 0 radical (unpaired) electrons. The van der Waals surface area contributed by atoms with E-state index in [1.54, 1.807) is 6.20 Å². The Labute approximate surface area is 77.7 Å². The monoisotopic (exact) mass is 179 g/mol. The molecule has 0 aliphatic carbocycles. The van der Waals surface area contributed by atoms with Gasteiger partial charge in [0, 0.05) is 11.8 Å². The minimum absolute atomic E-state index is 0.0702. The number of pyridine rings is 1. The van der Waals surface area contributed by atoms with Gasteiger partial charge < -0.3 is 9.47 Å². The van der Waals surface area contributed by atoms with Gasteiger partial charge in [0.1, 0.15) is 0 Å². The van der Waals surface area contributed by atoms with E-state index in [1.807, 2.05) is 6.07 Å². The van der Waals surface area contributed by atoms with E-state index in [1.165, 1.54) is 0 Å². The van der Waals surface area contributed by atoms with Crippen molar-refractivity contribution in [1.82, 2.24) is 4.98 Å². The summed E-state index contributed by atoms with van der Waals surface area (Å²) in [6.07, 6.45) is 1.76. The molecular weight excluding hydrogens is 166 g/mol. The summed E-state index contributed by atoms with van der Waals surface area (Å²) in [6.45, 7) is 6.72. The van der Waals surface area contributed by atoms with Gasteiger partial charge in [0.25, 0.3) is 5.88 Å². The average Bonchev–Trinajstić information content (AvgIpc) is 2.48. The molecule has 0 bridgehead atoms. The summed E-state index contributed by atoms with van der Waals surface area (Å²) in [5.74, 6) is 1.42. The third kappa shape index (κ3) is 1.34. The highest BCUT2D eigenvalue weighted by atomic mass is 16.7. The maximum absolute atomic E-state index is 5.37. The Morgan fingerprint density at radius 3 is 2.77 bits per heavy atom. The lowest BCUT2D eigenvalue weighted by Crippen LogP contribution is -2.12. The van der Waals surface area contributed by atoms with E-state index in [0.717, 1.165) is 11.3 Å². The van der Waals surface area contributed by atoms with Crippen molar-refractivity contribution in [2.75, 3.05) is 6.79 Å². The van der Waals surface area contributed by atoms with Gasteiger partial charge in [0.15, 0.2) is 5.75 Å². The van der Waals surface area contributed by atoms with Gasteiger partial charge in [0.05, 0.1) is 0 Å². The van der Waals surface area contributed by atoms with Gasteiger partial charge in [-0.1, -0.05) is 20.8 Å². The van der Waals surface area contributed by atoms with Crippen LogP contribution in [-0.4, -0.2) is 11.8 Å². The molecule has 0 unspecified atom stereocenters. The molecule has 1 aliphatic heterocycles. The quantitative estimate of drug-likeness (QED) is 0.611. The van der Waals surface area contributed by atoms with Crippen LogP contribution in [0, 0.1) is 0 Å². The Hall–Kier alpha value is -1.25. The van der Waals surface area contributed by atoms with Crippen molar-refractivity contribution in [1.29, 1.82) is 0 Å². The SMILES string of the molecule is CC(C)(C)c1ccnc2c1OCO2. The summed E-state index contributed by atoms with van der Waals surface area (Å²) in [4.78, 5) is 4.09. The van der Waals surface area contributed by atoms with Crippen molar-refractivity contribution in [3.05, 3.63) is 17.8 Å². The summed E-state index contributed by atoms with van der Waals surface area (Å²) in [6, 6.07) is 1.98. The molecule has 1 aliphatic rings. The highest BCUT2D eigenvalue weighted by Gasteiger charge is 2.25. The van der Waals surface area contributed by atoms with Crippen LogP contribution in [0.1, 0.15) is 26.3 Å². The van der Waals surface area contributed by atoms with Gasteiger partial charge in [-0.25, -0.2) is 4.98 Å². The van der Waals surface area contributed by atoms with E-state index in [2.05, 4.69) is 25.8 Å². The Morgan fingerprint density at radius 2 is 2.08 bits per heavy atom. The maximum atomic E-state index is 5.37. The number of aromatic nitrogens is 1. The summed E-state index contributed by atoms with van der Waals surface area (Å²) in [5.41, 5.74) is 1.22. The zero-order chi connectivity index (χ0) is 9.47. The summed E-state index contributed by atoms with van der Waals surface area (Å²) in [5, 5.41) is 0. The molecule has 2 rings (SSSR count). The third-order valence-electron chi connectivity index (χ3n) is 2.08. The first kappa shape index (κ1) is 8.35. The number of hydrogen-bond donors (Lipinski definition) is 0. The lowest BCUT2D eigenvalue weighted by molar-refractivity contribution is 0.169. The van der Waals surface area contributed by atoms with Crippen molar-refractivity contribution in [3.63, 3.8) is 0 Å². The van der Waals surface area contributed by atoms with Gasteiger partial charge in [0.2, 0.25) is 6.79 Å². The zero-order valence-electron chi connectivity index (χ0n) is 8.13. The van der Waals surface area contributed by atoms with Crippen molar-refractivity contribution < 1.29 is 9.47 Å². The van der Waals surface area contributed by atoms with Gasteiger partial charge in [-0.15, -0.1) is 0 Å². The molecule has 13 heavy (non-hydrogen) atoms. The molecule has 0 spiro atoms. The van der Waals surface area contributed by atoms with Crippen LogP contribution in [0.15, 0.2) is 12.3 Å². The second-order valence-corrected chi connectivity index (χ2v) is 4.15. The number of fused-ring (bicyclic) bond motifs is 1. The molecule has 0 saturated heterocycles. The zero-order valence-corrected chi connectivity index (χ0v) is 8.13. The van der Waals surface area contributed by atoms with Crippen LogP contribution in [0.25, 0.3) is 0 Å². The molecule has 1 aromatic heterocycles. The molecule has 0 saturated carbocycles. The molecular formula is C10H13NO2. The van der Waals surface area contributed by atoms with Gasteiger partial charge in [-0.05, 0) is 11.5 Å². The van der Waals surface area contributed by atoms with Gasteiger partial charge in [-0.2, -0.15) is 0 Å². The largest absolute Gasteiger partial charge is 0.451 e. The number of ether oxygens (including phenoxy) is 2. The molecule has 0 N–H and O–H groups in total. The molecule has 2 heterocycles. The Morgan fingerprint density at radius 1 is 1.31 bits per heavy atom. The van der Waals surface area contributed by atoms with Crippen LogP contribution in [0.3, 0.4) is 0 Å². The number of rotatable bonds is 0. The first-order chi connectivity index (χ1) is 6.09. The molecule has 0 fully saturated rings. The van der Waals surface area contributed by atoms with Gasteiger partial charge in [-0.3, -0.25) is 0 Å².